The van der Waals surface area contributed by atoms with Gasteiger partial charge in [0, 0.05) is 25.2 Å². The maximum Gasteiger partial charge on any atom is 0.256 e. The molecule has 2 atom stereocenters. The molecule has 0 aliphatic carbocycles. The first-order valence-corrected chi connectivity index (χ1v) is 7.85. The van der Waals surface area contributed by atoms with Gasteiger partial charge in [-0.1, -0.05) is 6.07 Å². The first-order valence-electron chi connectivity index (χ1n) is 7.85. The van der Waals surface area contributed by atoms with E-state index in [-0.39, 0.29) is 24.1 Å². The third-order valence-electron chi connectivity index (χ3n) is 4.98. The van der Waals surface area contributed by atoms with E-state index in [0.717, 1.165) is 55.7 Å². The number of amides is 1. The van der Waals surface area contributed by atoms with Crippen LogP contribution in [0.4, 0.5) is 11.4 Å². The molecule has 1 amide bonds. The lowest BCUT2D eigenvalue weighted by molar-refractivity contribution is 0.0287. The van der Waals surface area contributed by atoms with Crippen molar-refractivity contribution >= 4 is 17.3 Å². The van der Waals surface area contributed by atoms with E-state index in [1.54, 1.807) is 0 Å². The average Bonchev–Trinajstić information content (AvgIpc) is 2.78. The van der Waals surface area contributed by atoms with E-state index in [9.17, 15) is 9.90 Å². The summed E-state index contributed by atoms with van der Waals surface area (Å²) >= 11 is 0. The zero-order valence-corrected chi connectivity index (χ0v) is 12.0. The van der Waals surface area contributed by atoms with Crippen LogP contribution in [0.25, 0.3) is 0 Å². The van der Waals surface area contributed by atoms with Crippen LogP contribution in [0.2, 0.25) is 0 Å². The summed E-state index contributed by atoms with van der Waals surface area (Å²) in [6, 6.07) is 6.27. The monoisotopic (exact) mass is 287 g/mol. The number of hydrogen-bond donors (Lipinski definition) is 3. The van der Waals surface area contributed by atoms with Crippen molar-refractivity contribution in [2.45, 2.75) is 43.9 Å². The second kappa shape index (κ2) is 4.91. The number of carbonyl (C=O) groups is 1. The number of fused-ring (bicyclic) bond motifs is 3. The maximum atomic E-state index is 13.0. The largest absolute Gasteiger partial charge is 0.393 e. The fraction of sp³-hybridized carbons (Fsp3) is 0.562. The van der Waals surface area contributed by atoms with Crippen LogP contribution >= 0.6 is 0 Å². The Labute approximate surface area is 124 Å². The Morgan fingerprint density at radius 3 is 2.62 bits per heavy atom. The van der Waals surface area contributed by atoms with Gasteiger partial charge in [0.2, 0.25) is 0 Å². The van der Waals surface area contributed by atoms with Gasteiger partial charge in [-0.15, -0.1) is 0 Å². The van der Waals surface area contributed by atoms with Crippen LogP contribution in [0.15, 0.2) is 18.2 Å². The van der Waals surface area contributed by atoms with Gasteiger partial charge in [-0.3, -0.25) is 4.79 Å². The molecule has 3 aliphatic heterocycles. The summed E-state index contributed by atoms with van der Waals surface area (Å²) < 4.78 is 0. The number of anilines is 2. The third-order valence-corrected chi connectivity index (χ3v) is 4.98. The van der Waals surface area contributed by atoms with Crippen molar-refractivity contribution < 1.29 is 9.90 Å². The van der Waals surface area contributed by atoms with Crippen molar-refractivity contribution in [1.29, 1.82) is 0 Å². The first kappa shape index (κ1) is 13.0. The number of para-hydroxylation sites is 1. The minimum absolute atomic E-state index is 0.113. The maximum absolute atomic E-state index is 13.0. The molecule has 0 saturated carbocycles. The van der Waals surface area contributed by atoms with Gasteiger partial charge in [0.25, 0.3) is 5.91 Å². The number of carbonyl (C=O) groups excluding carboxylic acids is 1. The van der Waals surface area contributed by atoms with E-state index in [4.69, 9.17) is 0 Å². The number of nitrogens with zero attached hydrogens (tertiary/aromatic N) is 1. The van der Waals surface area contributed by atoms with Crippen molar-refractivity contribution in [2.24, 2.45) is 0 Å². The number of aliphatic hydroxyl groups excluding tert-OH is 1. The quantitative estimate of drug-likeness (QED) is 0.735. The number of hydrogen-bond acceptors (Lipinski definition) is 4. The molecule has 3 N–H and O–H groups in total. The summed E-state index contributed by atoms with van der Waals surface area (Å²) in [5, 5.41) is 16.6. The molecule has 5 heteroatoms. The highest BCUT2D eigenvalue weighted by atomic mass is 16.3. The first-order chi connectivity index (χ1) is 10.2. The van der Waals surface area contributed by atoms with E-state index in [2.05, 4.69) is 10.6 Å². The number of aliphatic hydroxyl groups is 1. The smallest absolute Gasteiger partial charge is 0.256 e. The number of benzene rings is 1. The van der Waals surface area contributed by atoms with Crippen molar-refractivity contribution in [3.8, 4) is 0 Å². The van der Waals surface area contributed by atoms with Gasteiger partial charge in [0.05, 0.1) is 23.0 Å². The third kappa shape index (κ3) is 2.07. The number of piperidine rings is 1. The van der Waals surface area contributed by atoms with E-state index < -0.39 is 0 Å². The van der Waals surface area contributed by atoms with E-state index in [1.807, 2.05) is 23.1 Å². The van der Waals surface area contributed by atoms with Gasteiger partial charge in [-0.05, 0) is 37.8 Å². The fourth-order valence-corrected chi connectivity index (χ4v) is 4.07. The molecule has 5 nitrogen and oxygen atoms in total. The van der Waals surface area contributed by atoms with Crippen LogP contribution in [0.1, 0.15) is 36.0 Å². The van der Waals surface area contributed by atoms with Crippen molar-refractivity contribution in [3.05, 3.63) is 23.8 Å². The van der Waals surface area contributed by atoms with Gasteiger partial charge in [-0.25, -0.2) is 0 Å². The minimum atomic E-state index is -0.240. The summed E-state index contributed by atoms with van der Waals surface area (Å²) in [6.07, 6.45) is 3.25. The Balaban J connectivity index is 1.67. The Morgan fingerprint density at radius 2 is 1.86 bits per heavy atom. The van der Waals surface area contributed by atoms with E-state index >= 15 is 0 Å². The van der Waals surface area contributed by atoms with Crippen LogP contribution in [-0.4, -0.2) is 47.2 Å². The standard InChI is InChI=1S/C16H21N3O2/c20-12-8-10-4-5-11(9-12)19(10)16(21)13-2-1-3-14-15(13)18-7-6-17-14/h1-3,10-12,17-18,20H,4-9H2. The van der Waals surface area contributed by atoms with Gasteiger partial charge in [0.1, 0.15) is 0 Å². The van der Waals surface area contributed by atoms with Crippen LogP contribution in [-0.2, 0) is 0 Å². The molecule has 0 radical (unpaired) electrons. The second-order valence-electron chi connectivity index (χ2n) is 6.30. The highest BCUT2D eigenvalue weighted by molar-refractivity contribution is 6.03. The highest BCUT2D eigenvalue weighted by Gasteiger charge is 2.43. The summed E-state index contributed by atoms with van der Waals surface area (Å²) in [4.78, 5) is 15.0. The predicted molar refractivity (Wildman–Crippen MR) is 81.6 cm³/mol. The molecular weight excluding hydrogens is 266 g/mol. The molecule has 1 aromatic rings. The zero-order valence-electron chi connectivity index (χ0n) is 12.0. The van der Waals surface area contributed by atoms with E-state index in [1.165, 1.54) is 0 Å². The topological polar surface area (TPSA) is 64.6 Å². The summed E-state index contributed by atoms with van der Waals surface area (Å²) in [7, 11) is 0. The Morgan fingerprint density at radius 1 is 1.14 bits per heavy atom. The summed E-state index contributed by atoms with van der Waals surface area (Å²) in [5.74, 6) is 0.113. The fourth-order valence-electron chi connectivity index (χ4n) is 4.07. The Kier molecular flexibility index (Phi) is 3.03. The molecule has 2 saturated heterocycles. The molecule has 3 aliphatic rings. The predicted octanol–water partition coefficient (Wildman–Crippen LogP) is 1.65. The molecule has 21 heavy (non-hydrogen) atoms. The Bertz CT molecular complexity index is 561. The molecule has 0 spiro atoms. The molecule has 0 aromatic heterocycles. The van der Waals surface area contributed by atoms with Crippen LogP contribution < -0.4 is 10.6 Å². The van der Waals surface area contributed by atoms with Gasteiger partial charge in [0.15, 0.2) is 0 Å². The molecule has 112 valence electrons. The highest BCUT2D eigenvalue weighted by Crippen LogP contribution is 2.38. The molecule has 2 unspecified atom stereocenters. The van der Waals surface area contributed by atoms with Crippen LogP contribution in [0.3, 0.4) is 0 Å². The second-order valence-corrected chi connectivity index (χ2v) is 6.30. The van der Waals surface area contributed by atoms with E-state index in [0.29, 0.717) is 0 Å². The lowest BCUT2D eigenvalue weighted by atomic mass is 9.98. The summed E-state index contributed by atoms with van der Waals surface area (Å²) in [6.45, 7) is 1.72. The van der Waals surface area contributed by atoms with Gasteiger partial charge in [-0.2, -0.15) is 0 Å². The van der Waals surface area contributed by atoms with Crippen LogP contribution in [0, 0.1) is 0 Å². The molecule has 4 rings (SSSR count). The van der Waals surface area contributed by atoms with Gasteiger partial charge < -0.3 is 20.6 Å². The average molecular weight is 287 g/mol. The number of rotatable bonds is 1. The minimum Gasteiger partial charge on any atom is -0.393 e. The Hall–Kier alpha value is -1.75. The molecule has 2 fully saturated rings. The van der Waals surface area contributed by atoms with Crippen molar-refractivity contribution in [3.63, 3.8) is 0 Å². The lowest BCUT2D eigenvalue weighted by Crippen LogP contribution is -2.48. The normalized spacial score (nSPS) is 30.3. The molecular formula is C16H21N3O2. The molecule has 2 bridgehead atoms. The van der Waals surface area contributed by atoms with Crippen molar-refractivity contribution in [1.82, 2.24) is 4.90 Å². The zero-order chi connectivity index (χ0) is 14.4. The molecule has 1 aromatic carbocycles. The van der Waals surface area contributed by atoms with Gasteiger partial charge >= 0.3 is 0 Å². The lowest BCUT2D eigenvalue weighted by Gasteiger charge is -2.38. The van der Waals surface area contributed by atoms with Crippen molar-refractivity contribution in [2.75, 3.05) is 23.7 Å². The summed E-state index contributed by atoms with van der Waals surface area (Å²) in [5.41, 5.74) is 2.70. The SMILES string of the molecule is O=C(c1cccc2c1NCCN2)N1C2CCC1CC(O)C2. The number of nitrogens with one attached hydrogen (secondary N) is 2. The molecule has 3 heterocycles. The van der Waals surface area contributed by atoms with Crippen LogP contribution in [0.5, 0.6) is 0 Å².